The van der Waals surface area contributed by atoms with Gasteiger partial charge in [0.25, 0.3) is 0 Å². The van der Waals surface area contributed by atoms with Crippen LogP contribution in [0.2, 0.25) is 0 Å². The predicted molar refractivity (Wildman–Crippen MR) is 59.6 cm³/mol. The van der Waals surface area contributed by atoms with Gasteiger partial charge in [-0.15, -0.1) is 0 Å². The highest BCUT2D eigenvalue weighted by atomic mass is 14.8. The minimum Gasteiger partial charge on any atom is -0.286 e. The molecule has 0 amide bonds. The number of allylic oxidation sites excluding steroid dienone is 2. The molecule has 0 bridgehead atoms. The monoisotopic (exact) mass is 187 g/mol. The van der Waals surface area contributed by atoms with Crippen LogP contribution < -0.4 is 0 Å². The highest BCUT2D eigenvalue weighted by Crippen LogP contribution is 2.36. The van der Waals surface area contributed by atoms with Crippen LogP contribution in [0.15, 0.2) is 29.3 Å². The lowest BCUT2D eigenvalue weighted by atomic mass is 9.75. The molecule has 2 aliphatic carbocycles. The zero-order valence-corrected chi connectivity index (χ0v) is 8.52. The highest BCUT2D eigenvalue weighted by Gasteiger charge is 2.31. The van der Waals surface area contributed by atoms with E-state index in [2.05, 4.69) is 24.3 Å². The fraction of sp³-hybridized carbons (Fsp3) is 0.615. The van der Waals surface area contributed by atoms with E-state index in [4.69, 9.17) is 4.99 Å². The number of hydrogen-bond acceptors (Lipinski definition) is 1. The Labute approximate surface area is 85.6 Å². The van der Waals surface area contributed by atoms with Gasteiger partial charge in [0.05, 0.1) is 6.04 Å². The van der Waals surface area contributed by atoms with Gasteiger partial charge in [-0.2, -0.15) is 0 Å². The van der Waals surface area contributed by atoms with Gasteiger partial charge in [-0.1, -0.05) is 30.7 Å². The Hall–Kier alpha value is -0.850. The summed E-state index contributed by atoms with van der Waals surface area (Å²) >= 11 is 0. The van der Waals surface area contributed by atoms with Crippen molar-refractivity contribution in [3.05, 3.63) is 24.3 Å². The summed E-state index contributed by atoms with van der Waals surface area (Å²) < 4.78 is 0. The van der Waals surface area contributed by atoms with Crippen molar-refractivity contribution in [2.24, 2.45) is 16.8 Å². The first-order chi connectivity index (χ1) is 6.93. The van der Waals surface area contributed by atoms with Crippen molar-refractivity contribution in [1.29, 1.82) is 0 Å². The lowest BCUT2D eigenvalue weighted by Crippen LogP contribution is -2.33. The van der Waals surface area contributed by atoms with Crippen LogP contribution in [0.3, 0.4) is 0 Å². The van der Waals surface area contributed by atoms with E-state index in [1.165, 1.54) is 37.8 Å². The topological polar surface area (TPSA) is 12.4 Å². The van der Waals surface area contributed by atoms with Crippen LogP contribution in [0, 0.1) is 11.8 Å². The van der Waals surface area contributed by atoms with E-state index in [1.54, 1.807) is 0 Å². The fourth-order valence-corrected chi connectivity index (χ4v) is 3.01. The Kier molecular flexibility index (Phi) is 2.04. The van der Waals surface area contributed by atoms with Crippen LogP contribution in [-0.4, -0.2) is 11.8 Å². The zero-order chi connectivity index (χ0) is 9.38. The quantitative estimate of drug-likeness (QED) is 0.552. The molecule has 0 radical (unpaired) electrons. The SMILES string of the molecule is C1=CC2CC3CCCCC3=NC2C=C1. The van der Waals surface area contributed by atoms with Crippen LogP contribution in [0.1, 0.15) is 32.1 Å². The smallest absolute Gasteiger partial charge is 0.0745 e. The van der Waals surface area contributed by atoms with Crippen molar-refractivity contribution >= 4 is 5.71 Å². The van der Waals surface area contributed by atoms with Crippen LogP contribution in [0.5, 0.6) is 0 Å². The Bertz CT molecular complexity index is 311. The molecule has 14 heavy (non-hydrogen) atoms. The molecule has 0 aromatic rings. The van der Waals surface area contributed by atoms with Crippen molar-refractivity contribution in [2.45, 2.75) is 38.1 Å². The van der Waals surface area contributed by atoms with Gasteiger partial charge in [0.15, 0.2) is 0 Å². The largest absolute Gasteiger partial charge is 0.286 e. The lowest BCUT2D eigenvalue weighted by molar-refractivity contribution is 0.387. The minimum atomic E-state index is 0.476. The summed E-state index contributed by atoms with van der Waals surface area (Å²) in [6.45, 7) is 0. The first-order valence-corrected chi connectivity index (χ1v) is 5.85. The number of aliphatic imine (C=N–C) groups is 1. The average Bonchev–Trinajstić information content (AvgIpc) is 2.26. The van der Waals surface area contributed by atoms with Gasteiger partial charge in [-0.05, 0) is 31.6 Å². The van der Waals surface area contributed by atoms with Crippen molar-refractivity contribution < 1.29 is 0 Å². The van der Waals surface area contributed by atoms with Crippen LogP contribution in [-0.2, 0) is 0 Å². The van der Waals surface area contributed by atoms with Gasteiger partial charge in [-0.3, -0.25) is 4.99 Å². The van der Waals surface area contributed by atoms with E-state index < -0.39 is 0 Å². The molecule has 1 heteroatoms. The Balaban J connectivity index is 1.88. The second kappa shape index (κ2) is 3.38. The molecule has 1 saturated carbocycles. The summed E-state index contributed by atoms with van der Waals surface area (Å²) in [6.07, 6.45) is 15.7. The van der Waals surface area contributed by atoms with Crippen LogP contribution in [0.4, 0.5) is 0 Å². The second-order valence-corrected chi connectivity index (χ2v) is 4.72. The van der Waals surface area contributed by atoms with Crippen molar-refractivity contribution in [3.63, 3.8) is 0 Å². The van der Waals surface area contributed by atoms with Gasteiger partial charge < -0.3 is 0 Å². The summed E-state index contributed by atoms with van der Waals surface area (Å²) in [6, 6.07) is 0.476. The molecule has 0 spiro atoms. The van der Waals surface area contributed by atoms with Crippen molar-refractivity contribution in [2.75, 3.05) is 0 Å². The van der Waals surface area contributed by atoms with E-state index in [0.717, 1.165) is 5.92 Å². The molecule has 1 aliphatic heterocycles. The lowest BCUT2D eigenvalue weighted by Gasteiger charge is -2.35. The van der Waals surface area contributed by atoms with Gasteiger partial charge in [0, 0.05) is 11.6 Å². The average molecular weight is 187 g/mol. The third-order valence-electron chi connectivity index (χ3n) is 3.79. The number of hydrogen-bond donors (Lipinski definition) is 0. The van der Waals surface area contributed by atoms with E-state index in [0.29, 0.717) is 12.0 Å². The van der Waals surface area contributed by atoms with Gasteiger partial charge in [-0.25, -0.2) is 0 Å². The molecule has 3 unspecified atom stereocenters. The Morgan fingerprint density at radius 3 is 3.07 bits per heavy atom. The predicted octanol–water partition coefficient (Wildman–Crippen LogP) is 3.13. The second-order valence-electron chi connectivity index (χ2n) is 4.72. The molecular formula is C13H17N. The number of nitrogens with zero attached hydrogens (tertiary/aromatic N) is 1. The molecule has 1 nitrogen and oxygen atoms in total. The first kappa shape index (κ1) is 8.46. The third-order valence-corrected chi connectivity index (χ3v) is 3.79. The van der Waals surface area contributed by atoms with Crippen molar-refractivity contribution in [1.82, 2.24) is 0 Å². The molecule has 0 aromatic carbocycles. The maximum Gasteiger partial charge on any atom is 0.0745 e. The Morgan fingerprint density at radius 1 is 1.14 bits per heavy atom. The molecule has 0 aromatic heterocycles. The first-order valence-electron chi connectivity index (χ1n) is 5.85. The molecule has 1 fully saturated rings. The van der Waals surface area contributed by atoms with Crippen molar-refractivity contribution in [3.8, 4) is 0 Å². The maximum atomic E-state index is 4.90. The number of fused-ring (bicyclic) bond motifs is 2. The van der Waals surface area contributed by atoms with E-state index >= 15 is 0 Å². The van der Waals surface area contributed by atoms with Gasteiger partial charge in [0.2, 0.25) is 0 Å². The summed E-state index contributed by atoms with van der Waals surface area (Å²) in [5, 5.41) is 0. The normalized spacial score (nSPS) is 40.0. The van der Waals surface area contributed by atoms with Gasteiger partial charge in [0.1, 0.15) is 0 Å². The van der Waals surface area contributed by atoms with E-state index in [-0.39, 0.29) is 0 Å². The molecule has 74 valence electrons. The van der Waals surface area contributed by atoms with Crippen LogP contribution in [0.25, 0.3) is 0 Å². The Morgan fingerprint density at radius 2 is 2.07 bits per heavy atom. The maximum absolute atomic E-state index is 4.90. The molecule has 1 heterocycles. The highest BCUT2D eigenvalue weighted by molar-refractivity contribution is 5.88. The van der Waals surface area contributed by atoms with Gasteiger partial charge >= 0.3 is 0 Å². The summed E-state index contributed by atoms with van der Waals surface area (Å²) in [5.41, 5.74) is 1.53. The molecule has 3 aliphatic rings. The third kappa shape index (κ3) is 1.35. The van der Waals surface area contributed by atoms with E-state index in [1.807, 2.05) is 0 Å². The fourth-order valence-electron chi connectivity index (χ4n) is 3.01. The van der Waals surface area contributed by atoms with Crippen LogP contribution >= 0.6 is 0 Å². The molecule has 3 atom stereocenters. The molecule has 0 N–H and O–H groups in total. The summed E-state index contributed by atoms with van der Waals surface area (Å²) in [5.74, 6) is 1.52. The zero-order valence-electron chi connectivity index (χ0n) is 8.52. The molecule has 0 saturated heterocycles. The minimum absolute atomic E-state index is 0.476. The van der Waals surface area contributed by atoms with E-state index in [9.17, 15) is 0 Å². The standard InChI is InChI=1S/C13H17N/c1-3-7-12-10(5-1)9-11-6-2-4-8-13(11)14-12/h1,3,5,7,10-12H,2,4,6,8-9H2. The number of rotatable bonds is 0. The molecule has 3 rings (SSSR count). The molecular weight excluding hydrogens is 170 g/mol. The summed E-state index contributed by atoms with van der Waals surface area (Å²) in [7, 11) is 0. The summed E-state index contributed by atoms with van der Waals surface area (Å²) in [4.78, 5) is 4.90.